The lowest BCUT2D eigenvalue weighted by Gasteiger charge is -2.30. The largest absolute Gasteiger partial charge is 0.393 e. The zero-order valence-electron chi connectivity index (χ0n) is 13.1. The number of benzene rings is 2. The number of rotatable bonds is 5. The molecule has 0 heterocycles. The second kappa shape index (κ2) is 6.88. The summed E-state index contributed by atoms with van der Waals surface area (Å²) in [6.07, 6.45) is 2.65. The van der Waals surface area contributed by atoms with Gasteiger partial charge in [0.2, 0.25) is 0 Å². The minimum Gasteiger partial charge on any atom is -0.393 e. The van der Waals surface area contributed by atoms with E-state index in [4.69, 9.17) is 0 Å². The Morgan fingerprint density at radius 2 is 1.43 bits per heavy atom. The van der Waals surface area contributed by atoms with Gasteiger partial charge in [-0.25, -0.2) is 0 Å². The van der Waals surface area contributed by atoms with Crippen molar-refractivity contribution in [3.63, 3.8) is 0 Å². The molecule has 0 fully saturated rings. The summed E-state index contributed by atoms with van der Waals surface area (Å²) in [5.41, 5.74) is 0. The van der Waals surface area contributed by atoms with E-state index in [1.807, 2.05) is 6.92 Å². The van der Waals surface area contributed by atoms with Crippen LogP contribution >= 0.6 is 0 Å². The highest BCUT2D eigenvalue weighted by molar-refractivity contribution is 7.06. The molecule has 1 nitrogen and oxygen atoms in total. The highest BCUT2D eigenvalue weighted by Crippen LogP contribution is 2.17. The zero-order chi connectivity index (χ0) is 15.3. The van der Waals surface area contributed by atoms with Gasteiger partial charge >= 0.3 is 0 Å². The lowest BCUT2D eigenvalue weighted by Crippen LogP contribution is -2.57. The summed E-state index contributed by atoms with van der Waals surface area (Å²) in [5, 5.41) is 13.8. The van der Waals surface area contributed by atoms with Crippen LogP contribution in [0.1, 0.15) is 20.3 Å². The molecule has 2 aromatic rings. The normalized spacial score (nSPS) is 14.0. The van der Waals surface area contributed by atoms with Crippen molar-refractivity contribution in [3.05, 3.63) is 71.9 Å². The van der Waals surface area contributed by atoms with Crippen molar-refractivity contribution in [2.24, 2.45) is 0 Å². The van der Waals surface area contributed by atoms with Crippen molar-refractivity contribution < 1.29 is 5.11 Å². The van der Waals surface area contributed by atoms with Crippen LogP contribution in [0.5, 0.6) is 0 Å². The molecule has 21 heavy (non-hydrogen) atoms. The minimum atomic E-state index is -1.92. The van der Waals surface area contributed by atoms with Crippen LogP contribution in [-0.2, 0) is 0 Å². The van der Waals surface area contributed by atoms with Crippen LogP contribution < -0.4 is 10.4 Å². The molecular weight excluding hydrogens is 272 g/mol. The van der Waals surface area contributed by atoms with Gasteiger partial charge in [-0.2, -0.15) is 0 Å². The molecule has 1 unspecified atom stereocenters. The molecule has 1 atom stereocenters. The first-order valence-corrected chi connectivity index (χ1v) is 10.0. The lowest BCUT2D eigenvalue weighted by atomic mass is 10.3. The predicted molar refractivity (Wildman–Crippen MR) is 93.8 cm³/mol. The second-order valence-corrected chi connectivity index (χ2v) is 10.0. The fraction of sp³-hybridized carbons (Fsp3) is 0.263. The summed E-state index contributed by atoms with van der Waals surface area (Å²) in [6.45, 7) is 6.45. The van der Waals surface area contributed by atoms with Crippen molar-refractivity contribution in [1.29, 1.82) is 0 Å². The van der Waals surface area contributed by atoms with E-state index in [-0.39, 0.29) is 6.10 Å². The van der Waals surface area contributed by atoms with E-state index in [9.17, 15) is 5.11 Å². The Labute approximate surface area is 129 Å². The van der Waals surface area contributed by atoms with Crippen molar-refractivity contribution in [2.75, 3.05) is 0 Å². The maximum Gasteiger partial charge on any atom is 0.140 e. The molecule has 110 valence electrons. The smallest absolute Gasteiger partial charge is 0.140 e. The van der Waals surface area contributed by atoms with Gasteiger partial charge in [0, 0.05) is 0 Å². The van der Waals surface area contributed by atoms with Gasteiger partial charge in [0.25, 0.3) is 0 Å². The molecular formula is C19H24OSi. The van der Waals surface area contributed by atoms with E-state index in [1.54, 1.807) is 0 Å². The van der Waals surface area contributed by atoms with Crippen LogP contribution in [0.4, 0.5) is 0 Å². The van der Waals surface area contributed by atoms with Gasteiger partial charge in [0.15, 0.2) is 0 Å². The van der Waals surface area contributed by atoms with Crippen LogP contribution in [0.25, 0.3) is 0 Å². The molecule has 1 N–H and O–H groups in total. The first kappa shape index (κ1) is 15.7. The van der Waals surface area contributed by atoms with Crippen LogP contribution in [0.3, 0.4) is 0 Å². The van der Waals surface area contributed by atoms with E-state index in [0.29, 0.717) is 6.42 Å². The SMILES string of the molecule is C/C(=C\CC(C)O)[Si](C)(c1ccccc1)c1ccccc1. The molecule has 0 saturated heterocycles. The Morgan fingerprint density at radius 3 is 1.81 bits per heavy atom. The number of hydrogen-bond acceptors (Lipinski definition) is 1. The first-order chi connectivity index (χ1) is 10.0. The van der Waals surface area contributed by atoms with E-state index >= 15 is 0 Å². The van der Waals surface area contributed by atoms with Gasteiger partial charge < -0.3 is 5.11 Å². The maximum absolute atomic E-state index is 9.58. The van der Waals surface area contributed by atoms with Gasteiger partial charge in [0.1, 0.15) is 8.07 Å². The standard InChI is InChI=1S/C19H24OSi/c1-16(20)14-15-17(2)21(3,18-10-6-4-7-11-18)19-12-8-5-9-13-19/h4-13,15-16,20H,14H2,1-3H3/b17-15+. The molecule has 2 rings (SSSR count). The van der Waals surface area contributed by atoms with Crippen LogP contribution in [-0.4, -0.2) is 19.3 Å². The molecule has 0 bridgehead atoms. The van der Waals surface area contributed by atoms with Gasteiger partial charge in [-0.3, -0.25) is 0 Å². The lowest BCUT2D eigenvalue weighted by molar-refractivity contribution is 0.198. The predicted octanol–water partition coefficient (Wildman–Crippen LogP) is 3.14. The van der Waals surface area contributed by atoms with Gasteiger partial charge in [-0.15, -0.1) is 0 Å². The molecule has 0 aliphatic rings. The van der Waals surface area contributed by atoms with Crippen molar-refractivity contribution in [3.8, 4) is 0 Å². The Morgan fingerprint density at radius 1 is 1.00 bits per heavy atom. The minimum absolute atomic E-state index is 0.287. The number of hydrogen-bond donors (Lipinski definition) is 1. The van der Waals surface area contributed by atoms with E-state index < -0.39 is 8.07 Å². The Bertz CT molecular complexity index is 548. The molecule has 0 aromatic heterocycles. The fourth-order valence-corrected chi connectivity index (χ4v) is 6.20. The van der Waals surface area contributed by atoms with Gasteiger partial charge in [-0.05, 0) is 30.6 Å². The van der Waals surface area contributed by atoms with Gasteiger partial charge in [-0.1, -0.05) is 78.5 Å². The van der Waals surface area contributed by atoms with Crippen molar-refractivity contribution in [2.45, 2.75) is 32.9 Å². The quantitative estimate of drug-likeness (QED) is 0.841. The second-order valence-electron chi connectivity index (χ2n) is 5.83. The zero-order valence-corrected chi connectivity index (χ0v) is 14.1. The average Bonchev–Trinajstić information content (AvgIpc) is 2.53. The summed E-state index contributed by atoms with van der Waals surface area (Å²) in [7, 11) is -1.92. The number of aliphatic hydroxyl groups excluding tert-OH is 1. The molecule has 0 aliphatic carbocycles. The summed E-state index contributed by atoms with van der Waals surface area (Å²) in [6, 6.07) is 21.5. The molecule has 0 spiro atoms. The Balaban J connectivity index is 2.52. The van der Waals surface area contributed by atoms with Crippen LogP contribution in [0.2, 0.25) is 6.55 Å². The maximum atomic E-state index is 9.58. The third-order valence-electron chi connectivity index (χ3n) is 4.26. The number of aliphatic hydroxyl groups is 1. The third-order valence-corrected chi connectivity index (χ3v) is 9.01. The Hall–Kier alpha value is -1.64. The van der Waals surface area contributed by atoms with Gasteiger partial charge in [0.05, 0.1) is 6.10 Å². The van der Waals surface area contributed by atoms with E-state index in [2.05, 4.69) is 80.2 Å². The van der Waals surface area contributed by atoms with Crippen LogP contribution in [0.15, 0.2) is 71.9 Å². The topological polar surface area (TPSA) is 20.2 Å². The number of allylic oxidation sites excluding steroid dienone is 1. The molecule has 2 aromatic carbocycles. The van der Waals surface area contributed by atoms with Crippen LogP contribution in [0, 0.1) is 0 Å². The summed E-state index contributed by atoms with van der Waals surface area (Å²) in [5.74, 6) is 0. The molecule has 0 amide bonds. The summed E-state index contributed by atoms with van der Waals surface area (Å²) >= 11 is 0. The van der Waals surface area contributed by atoms with E-state index in [0.717, 1.165) is 0 Å². The van der Waals surface area contributed by atoms with Crippen molar-refractivity contribution in [1.82, 2.24) is 0 Å². The third kappa shape index (κ3) is 3.52. The highest BCUT2D eigenvalue weighted by Gasteiger charge is 2.33. The highest BCUT2D eigenvalue weighted by atomic mass is 28.3. The summed E-state index contributed by atoms with van der Waals surface area (Å²) in [4.78, 5) is 0. The fourth-order valence-electron chi connectivity index (χ4n) is 2.72. The van der Waals surface area contributed by atoms with Crippen molar-refractivity contribution >= 4 is 18.4 Å². The van der Waals surface area contributed by atoms with E-state index in [1.165, 1.54) is 15.6 Å². The monoisotopic (exact) mass is 296 g/mol. The molecule has 2 heteroatoms. The first-order valence-electron chi connectivity index (χ1n) is 7.51. The Kier molecular flexibility index (Phi) is 5.15. The molecule has 0 radical (unpaired) electrons. The molecule has 0 aliphatic heterocycles. The average molecular weight is 296 g/mol. The molecule has 0 saturated carbocycles. The summed E-state index contributed by atoms with van der Waals surface area (Å²) < 4.78 is 0.